The molecule has 2 aromatic carbocycles. The van der Waals surface area contributed by atoms with Gasteiger partial charge in [0.15, 0.2) is 5.82 Å². The normalized spacial score (nSPS) is 12.0. The molecule has 26 heavy (non-hydrogen) atoms. The number of nitrogens with one attached hydrogen (secondary N) is 2. The number of halogens is 2. The highest BCUT2D eigenvalue weighted by molar-refractivity contribution is 7.99. The number of benzene rings is 2. The van der Waals surface area contributed by atoms with Crippen molar-refractivity contribution in [2.24, 2.45) is 0 Å². The van der Waals surface area contributed by atoms with Gasteiger partial charge in [-0.15, -0.1) is 5.10 Å². The molecule has 2 N–H and O–H groups in total. The zero-order chi connectivity index (χ0) is 18.5. The fraction of sp³-hybridized carbons (Fsp3) is 0.167. The molecule has 0 aliphatic heterocycles. The summed E-state index contributed by atoms with van der Waals surface area (Å²) < 4.78 is 26.7. The Labute approximate surface area is 153 Å². The maximum absolute atomic E-state index is 13.7. The first kappa shape index (κ1) is 18.1. The van der Waals surface area contributed by atoms with Gasteiger partial charge in [-0.2, -0.15) is 0 Å². The number of H-pyrrole nitrogens is 1. The molecule has 0 saturated carbocycles. The minimum atomic E-state index is -0.688. The summed E-state index contributed by atoms with van der Waals surface area (Å²) in [5.41, 5.74) is 1.13. The number of nitrogens with zero attached hydrogens (tertiary/aromatic N) is 2. The van der Waals surface area contributed by atoms with Crippen molar-refractivity contribution in [3.05, 3.63) is 65.7 Å². The lowest BCUT2D eigenvalue weighted by atomic mass is 10.1. The van der Waals surface area contributed by atoms with E-state index in [9.17, 15) is 13.6 Å². The van der Waals surface area contributed by atoms with Crippen LogP contribution in [0.3, 0.4) is 0 Å². The molecule has 0 radical (unpaired) electrons. The number of hydrogen-bond donors (Lipinski definition) is 2. The number of thioether (sulfide) groups is 1. The van der Waals surface area contributed by atoms with Crippen LogP contribution < -0.4 is 5.32 Å². The summed E-state index contributed by atoms with van der Waals surface area (Å²) >= 11 is 1.17. The zero-order valence-corrected chi connectivity index (χ0v) is 14.7. The predicted molar refractivity (Wildman–Crippen MR) is 95.5 cm³/mol. The highest BCUT2D eigenvalue weighted by Crippen LogP contribution is 2.20. The molecule has 0 fully saturated rings. The largest absolute Gasteiger partial charge is 0.349 e. The number of carbonyl (C=O) groups is 1. The van der Waals surface area contributed by atoms with Crippen LogP contribution in [0.4, 0.5) is 8.78 Å². The van der Waals surface area contributed by atoms with Gasteiger partial charge in [0.25, 0.3) is 0 Å². The van der Waals surface area contributed by atoms with E-state index >= 15 is 0 Å². The van der Waals surface area contributed by atoms with Gasteiger partial charge in [0.05, 0.1) is 11.8 Å². The summed E-state index contributed by atoms with van der Waals surface area (Å²) in [5, 5.41) is 10.0. The summed E-state index contributed by atoms with van der Waals surface area (Å²) in [6.07, 6.45) is 0. The van der Waals surface area contributed by atoms with Crippen molar-refractivity contribution < 1.29 is 13.6 Å². The summed E-state index contributed by atoms with van der Waals surface area (Å²) in [6.45, 7) is 1.64. The fourth-order valence-corrected chi connectivity index (χ4v) is 2.99. The molecule has 0 saturated heterocycles. The van der Waals surface area contributed by atoms with Gasteiger partial charge in [-0.1, -0.05) is 48.2 Å². The highest BCUT2D eigenvalue weighted by atomic mass is 32.2. The monoisotopic (exact) mass is 374 g/mol. The molecule has 0 unspecified atom stereocenters. The van der Waals surface area contributed by atoms with E-state index in [4.69, 9.17) is 0 Å². The van der Waals surface area contributed by atoms with Crippen molar-refractivity contribution in [2.75, 3.05) is 5.75 Å². The lowest BCUT2D eigenvalue weighted by molar-refractivity contribution is -0.119. The first-order chi connectivity index (χ1) is 12.5. The van der Waals surface area contributed by atoms with Crippen LogP contribution in [0.2, 0.25) is 0 Å². The molecule has 0 aliphatic carbocycles. The topological polar surface area (TPSA) is 70.7 Å². The second kappa shape index (κ2) is 8.09. The Bertz CT molecular complexity index is 901. The van der Waals surface area contributed by atoms with Crippen LogP contribution >= 0.6 is 11.8 Å². The first-order valence-electron chi connectivity index (χ1n) is 7.88. The lowest BCUT2D eigenvalue weighted by Crippen LogP contribution is -2.28. The molecule has 5 nitrogen and oxygen atoms in total. The lowest BCUT2D eigenvalue weighted by Gasteiger charge is -2.14. The van der Waals surface area contributed by atoms with E-state index in [1.165, 1.54) is 17.8 Å². The van der Waals surface area contributed by atoms with E-state index in [2.05, 4.69) is 20.5 Å². The van der Waals surface area contributed by atoms with Gasteiger partial charge in [0.1, 0.15) is 11.6 Å². The number of aromatic nitrogens is 3. The van der Waals surface area contributed by atoms with Gasteiger partial charge in [-0.25, -0.2) is 13.8 Å². The van der Waals surface area contributed by atoms with E-state index in [1.807, 2.05) is 30.3 Å². The van der Waals surface area contributed by atoms with Gasteiger partial charge in [-0.05, 0) is 13.0 Å². The van der Waals surface area contributed by atoms with Gasteiger partial charge in [-0.3, -0.25) is 9.89 Å². The minimum absolute atomic E-state index is 0.0826. The van der Waals surface area contributed by atoms with Crippen molar-refractivity contribution >= 4 is 17.7 Å². The quantitative estimate of drug-likeness (QED) is 0.645. The Morgan fingerprint density at radius 1 is 1.23 bits per heavy atom. The van der Waals surface area contributed by atoms with Gasteiger partial charge < -0.3 is 5.32 Å². The summed E-state index contributed by atoms with van der Waals surface area (Å²) in [7, 11) is 0. The molecule has 3 aromatic rings. The molecular weight excluding hydrogens is 358 g/mol. The van der Waals surface area contributed by atoms with Crippen LogP contribution in [0.25, 0.3) is 11.4 Å². The number of aromatic amines is 1. The van der Waals surface area contributed by atoms with Gasteiger partial charge >= 0.3 is 0 Å². The SMILES string of the molecule is C[C@H](NC(=O)CSc1n[nH]c(-c2ccccc2)n1)c1ccc(F)cc1F. The number of carbonyl (C=O) groups excluding carboxylic acids is 1. The summed E-state index contributed by atoms with van der Waals surface area (Å²) in [4.78, 5) is 16.4. The van der Waals surface area contributed by atoms with Crippen LogP contribution in [-0.2, 0) is 4.79 Å². The molecule has 0 aliphatic rings. The van der Waals surface area contributed by atoms with Crippen molar-refractivity contribution in [1.82, 2.24) is 20.5 Å². The van der Waals surface area contributed by atoms with Crippen LogP contribution in [0.1, 0.15) is 18.5 Å². The maximum Gasteiger partial charge on any atom is 0.230 e. The average Bonchev–Trinajstić information content (AvgIpc) is 3.09. The van der Waals surface area contributed by atoms with E-state index in [0.717, 1.165) is 17.7 Å². The minimum Gasteiger partial charge on any atom is -0.349 e. The molecule has 134 valence electrons. The van der Waals surface area contributed by atoms with Crippen molar-refractivity contribution in [3.63, 3.8) is 0 Å². The third-order valence-corrected chi connectivity index (χ3v) is 4.50. The van der Waals surface area contributed by atoms with Crippen molar-refractivity contribution in [3.8, 4) is 11.4 Å². The van der Waals surface area contributed by atoms with Crippen molar-refractivity contribution in [2.45, 2.75) is 18.1 Å². The standard InChI is InChI=1S/C18H16F2N4OS/c1-11(14-8-7-13(19)9-15(14)20)21-16(25)10-26-18-22-17(23-24-18)12-5-3-2-4-6-12/h2-9,11H,10H2,1H3,(H,21,25)(H,22,23,24)/t11-/m0/s1. The number of amides is 1. The third kappa shape index (κ3) is 4.45. The van der Waals surface area contributed by atoms with Gasteiger partial charge in [0, 0.05) is 17.2 Å². The molecule has 3 rings (SSSR count). The van der Waals surface area contributed by atoms with Gasteiger partial charge in [0.2, 0.25) is 11.1 Å². The average molecular weight is 374 g/mol. The molecule has 1 heterocycles. The fourth-order valence-electron chi connectivity index (χ4n) is 2.38. The van der Waals surface area contributed by atoms with Crippen LogP contribution in [-0.4, -0.2) is 26.8 Å². The zero-order valence-electron chi connectivity index (χ0n) is 13.9. The smallest absolute Gasteiger partial charge is 0.230 e. The first-order valence-corrected chi connectivity index (χ1v) is 8.86. The predicted octanol–water partition coefficient (Wildman–Crippen LogP) is 3.72. The second-order valence-electron chi connectivity index (χ2n) is 5.58. The molecule has 1 aromatic heterocycles. The van der Waals surface area contributed by atoms with Crippen LogP contribution in [0.15, 0.2) is 53.7 Å². The Balaban J connectivity index is 1.55. The van der Waals surface area contributed by atoms with Crippen LogP contribution in [0, 0.1) is 11.6 Å². The molecule has 1 atom stereocenters. The molecule has 1 amide bonds. The molecule has 0 spiro atoms. The second-order valence-corrected chi connectivity index (χ2v) is 6.52. The van der Waals surface area contributed by atoms with E-state index < -0.39 is 17.7 Å². The van der Waals surface area contributed by atoms with E-state index in [1.54, 1.807) is 6.92 Å². The Morgan fingerprint density at radius 2 is 2.00 bits per heavy atom. The Hall–Kier alpha value is -2.74. The molecular formula is C18H16F2N4OS. The molecule has 8 heteroatoms. The Kier molecular flexibility index (Phi) is 5.62. The molecule has 0 bridgehead atoms. The van der Waals surface area contributed by atoms with E-state index in [-0.39, 0.29) is 17.2 Å². The summed E-state index contributed by atoms with van der Waals surface area (Å²) in [5.74, 6) is -0.933. The number of rotatable bonds is 6. The van der Waals surface area contributed by atoms with Crippen LogP contribution in [0.5, 0.6) is 0 Å². The number of hydrogen-bond acceptors (Lipinski definition) is 4. The highest BCUT2D eigenvalue weighted by Gasteiger charge is 2.15. The summed E-state index contributed by atoms with van der Waals surface area (Å²) in [6, 6.07) is 12.2. The van der Waals surface area contributed by atoms with E-state index in [0.29, 0.717) is 11.0 Å². The Morgan fingerprint density at radius 3 is 2.73 bits per heavy atom. The maximum atomic E-state index is 13.7. The third-order valence-electron chi connectivity index (χ3n) is 3.65. The van der Waals surface area contributed by atoms with Crippen molar-refractivity contribution in [1.29, 1.82) is 0 Å².